The summed E-state index contributed by atoms with van der Waals surface area (Å²) >= 11 is 11.9. The second kappa shape index (κ2) is 8.34. The summed E-state index contributed by atoms with van der Waals surface area (Å²) in [6.45, 7) is 0. The van der Waals surface area contributed by atoms with Gasteiger partial charge in [0.05, 0.1) is 20.7 Å². The highest BCUT2D eigenvalue weighted by molar-refractivity contribution is 6.44. The van der Waals surface area contributed by atoms with Crippen molar-refractivity contribution in [3.05, 3.63) is 67.7 Å². The number of halogens is 2. The number of carbonyl (C=O) groups excluding carboxylic acids is 1. The molecule has 9 heteroatoms. The molecule has 0 spiro atoms. The molecule has 26 heavy (non-hydrogen) atoms. The first kappa shape index (κ1) is 19.2. The summed E-state index contributed by atoms with van der Waals surface area (Å²) in [6.07, 6.45) is 1.25. The van der Waals surface area contributed by atoms with Gasteiger partial charge in [-0.3, -0.25) is 14.9 Å². The van der Waals surface area contributed by atoms with Gasteiger partial charge in [-0.25, -0.2) is 0 Å². The largest absolute Gasteiger partial charge is 0.383 e. The second-order valence-corrected chi connectivity index (χ2v) is 5.79. The Balaban J connectivity index is 2.34. The molecule has 0 atom stereocenters. The van der Waals surface area contributed by atoms with Crippen molar-refractivity contribution in [1.82, 2.24) is 0 Å². The van der Waals surface area contributed by atoms with Crippen LogP contribution in [0.4, 0.5) is 17.1 Å². The van der Waals surface area contributed by atoms with Gasteiger partial charge in [0, 0.05) is 13.1 Å². The number of amides is 1. The summed E-state index contributed by atoms with van der Waals surface area (Å²) in [5, 5.41) is 26.0. The zero-order chi connectivity index (χ0) is 19.3. The van der Waals surface area contributed by atoms with E-state index < -0.39 is 10.8 Å². The van der Waals surface area contributed by atoms with Crippen molar-refractivity contribution in [3.8, 4) is 6.07 Å². The fraction of sp³-hybridized carbons (Fsp3) is 0.0588. The molecule has 0 saturated carbocycles. The fourth-order valence-corrected chi connectivity index (χ4v) is 2.45. The van der Waals surface area contributed by atoms with E-state index in [0.29, 0.717) is 11.3 Å². The molecule has 1 amide bonds. The minimum Gasteiger partial charge on any atom is -0.383 e. The maximum absolute atomic E-state index is 12.3. The average molecular weight is 391 g/mol. The Morgan fingerprint density at radius 1 is 1.27 bits per heavy atom. The summed E-state index contributed by atoms with van der Waals surface area (Å²) in [7, 11) is 1.56. The Labute approximate surface area is 159 Å². The number of nitrogens with zero attached hydrogens (tertiary/aromatic N) is 2. The van der Waals surface area contributed by atoms with Crippen molar-refractivity contribution in [3.63, 3.8) is 0 Å². The lowest BCUT2D eigenvalue weighted by Gasteiger charge is -2.08. The summed E-state index contributed by atoms with van der Waals surface area (Å²) < 4.78 is 0. The molecule has 2 rings (SSSR count). The molecule has 2 aromatic carbocycles. The maximum Gasteiger partial charge on any atom is 0.292 e. The molecule has 0 unspecified atom stereocenters. The summed E-state index contributed by atoms with van der Waals surface area (Å²) in [5.74, 6) is -0.711. The van der Waals surface area contributed by atoms with E-state index in [0.717, 1.165) is 0 Å². The molecule has 0 bridgehead atoms. The van der Waals surface area contributed by atoms with Crippen LogP contribution < -0.4 is 10.6 Å². The molecule has 2 N–H and O–H groups in total. The van der Waals surface area contributed by atoms with E-state index in [9.17, 15) is 20.2 Å². The van der Waals surface area contributed by atoms with Crippen LogP contribution in [0.2, 0.25) is 10.0 Å². The van der Waals surface area contributed by atoms with E-state index in [2.05, 4.69) is 10.6 Å². The summed E-state index contributed by atoms with van der Waals surface area (Å²) in [5.41, 5.74) is 0.492. The predicted molar refractivity (Wildman–Crippen MR) is 101 cm³/mol. The standard InChI is InChI=1S/C17H12Cl2N4O3/c1-21-13-6-5-10(8-15(13)23(25)26)7-11(9-20)17(24)22-14-4-2-3-12(18)16(14)19/h2-8,21H,1H3,(H,22,24)/b11-7+. The molecule has 0 aliphatic heterocycles. The van der Waals surface area contributed by atoms with Gasteiger partial charge < -0.3 is 10.6 Å². The number of nitro groups is 1. The van der Waals surface area contributed by atoms with E-state index in [4.69, 9.17) is 23.2 Å². The van der Waals surface area contributed by atoms with Gasteiger partial charge in [-0.1, -0.05) is 35.3 Å². The fourth-order valence-electron chi connectivity index (χ4n) is 2.11. The van der Waals surface area contributed by atoms with Crippen molar-refractivity contribution in [2.24, 2.45) is 0 Å². The Morgan fingerprint density at radius 2 is 2.00 bits per heavy atom. The van der Waals surface area contributed by atoms with Gasteiger partial charge in [0.15, 0.2) is 0 Å². The van der Waals surface area contributed by atoms with Crippen molar-refractivity contribution >= 4 is 52.2 Å². The average Bonchev–Trinajstić information content (AvgIpc) is 2.63. The highest BCUT2D eigenvalue weighted by Crippen LogP contribution is 2.30. The molecule has 0 radical (unpaired) electrons. The van der Waals surface area contributed by atoms with E-state index in [1.54, 1.807) is 31.3 Å². The van der Waals surface area contributed by atoms with Gasteiger partial charge in [0.25, 0.3) is 11.6 Å². The molecule has 0 fully saturated rings. The zero-order valence-corrected chi connectivity index (χ0v) is 14.9. The second-order valence-electron chi connectivity index (χ2n) is 5.01. The normalized spacial score (nSPS) is 10.8. The topological polar surface area (TPSA) is 108 Å². The number of hydrogen-bond acceptors (Lipinski definition) is 5. The quantitative estimate of drug-likeness (QED) is 0.338. The lowest BCUT2D eigenvalue weighted by molar-refractivity contribution is -0.384. The number of nitrogens with one attached hydrogen (secondary N) is 2. The lowest BCUT2D eigenvalue weighted by Crippen LogP contribution is -2.13. The van der Waals surface area contributed by atoms with Crippen LogP contribution in [-0.4, -0.2) is 17.9 Å². The molecular formula is C17H12Cl2N4O3. The molecule has 0 heterocycles. The highest BCUT2D eigenvalue weighted by atomic mass is 35.5. The zero-order valence-electron chi connectivity index (χ0n) is 13.4. The molecule has 0 aliphatic rings. The maximum atomic E-state index is 12.3. The first-order valence-electron chi connectivity index (χ1n) is 7.20. The van der Waals surface area contributed by atoms with Crippen LogP contribution in [0.15, 0.2) is 42.0 Å². The van der Waals surface area contributed by atoms with Crippen molar-refractivity contribution < 1.29 is 9.72 Å². The third-order valence-electron chi connectivity index (χ3n) is 3.36. The number of anilines is 2. The molecule has 0 aliphatic carbocycles. The van der Waals surface area contributed by atoms with Crippen molar-refractivity contribution in [2.75, 3.05) is 17.7 Å². The first-order valence-corrected chi connectivity index (χ1v) is 7.96. The summed E-state index contributed by atoms with van der Waals surface area (Å²) in [4.78, 5) is 22.9. The third kappa shape index (κ3) is 4.30. The van der Waals surface area contributed by atoms with Gasteiger partial charge >= 0.3 is 0 Å². The van der Waals surface area contributed by atoms with E-state index in [1.165, 1.54) is 24.3 Å². The molecule has 2 aromatic rings. The van der Waals surface area contributed by atoms with Gasteiger partial charge in [-0.2, -0.15) is 5.26 Å². The molecular weight excluding hydrogens is 379 g/mol. The monoisotopic (exact) mass is 390 g/mol. The Bertz CT molecular complexity index is 952. The molecule has 7 nitrogen and oxygen atoms in total. The van der Waals surface area contributed by atoms with Crippen LogP contribution >= 0.6 is 23.2 Å². The molecule has 0 aromatic heterocycles. The number of rotatable bonds is 5. The lowest BCUT2D eigenvalue weighted by atomic mass is 10.1. The Morgan fingerprint density at radius 3 is 2.62 bits per heavy atom. The van der Waals surface area contributed by atoms with Crippen molar-refractivity contribution in [2.45, 2.75) is 0 Å². The van der Waals surface area contributed by atoms with Crippen LogP contribution in [0.5, 0.6) is 0 Å². The first-order chi connectivity index (χ1) is 12.4. The molecule has 132 valence electrons. The Kier molecular flexibility index (Phi) is 6.17. The predicted octanol–water partition coefficient (Wildman–Crippen LogP) is 4.49. The van der Waals surface area contributed by atoms with Gasteiger partial charge in [-0.15, -0.1) is 0 Å². The minimum atomic E-state index is -0.711. The number of nitro benzene ring substituents is 1. The highest BCUT2D eigenvalue weighted by Gasteiger charge is 2.16. The molecule has 0 saturated heterocycles. The minimum absolute atomic E-state index is 0.147. The van der Waals surface area contributed by atoms with Crippen LogP contribution in [0.1, 0.15) is 5.56 Å². The SMILES string of the molecule is CNc1ccc(/C=C(\C#N)C(=O)Nc2cccc(Cl)c2Cl)cc1[N+](=O)[O-]. The number of hydrogen-bond donors (Lipinski definition) is 2. The third-order valence-corrected chi connectivity index (χ3v) is 4.18. The van der Waals surface area contributed by atoms with E-state index in [-0.39, 0.29) is 27.0 Å². The van der Waals surface area contributed by atoms with E-state index in [1.807, 2.05) is 0 Å². The van der Waals surface area contributed by atoms with Crippen LogP contribution in [0.3, 0.4) is 0 Å². The number of carbonyl (C=O) groups is 1. The number of benzene rings is 2. The van der Waals surface area contributed by atoms with Crippen LogP contribution in [0, 0.1) is 21.4 Å². The van der Waals surface area contributed by atoms with Crippen molar-refractivity contribution in [1.29, 1.82) is 5.26 Å². The Hall–Kier alpha value is -3.08. The van der Waals surface area contributed by atoms with Gasteiger partial charge in [0.1, 0.15) is 17.3 Å². The van der Waals surface area contributed by atoms with Gasteiger partial charge in [0.2, 0.25) is 0 Å². The number of nitriles is 1. The summed E-state index contributed by atoms with van der Waals surface area (Å²) in [6, 6.07) is 10.8. The van der Waals surface area contributed by atoms with Crippen LogP contribution in [0.25, 0.3) is 6.08 Å². The van der Waals surface area contributed by atoms with E-state index >= 15 is 0 Å². The van der Waals surface area contributed by atoms with Crippen LogP contribution in [-0.2, 0) is 4.79 Å². The van der Waals surface area contributed by atoms with Gasteiger partial charge in [-0.05, 0) is 29.8 Å². The smallest absolute Gasteiger partial charge is 0.292 e.